The van der Waals surface area contributed by atoms with Gasteiger partial charge in [0.05, 0.1) is 12.0 Å². The van der Waals surface area contributed by atoms with E-state index in [0.29, 0.717) is 34.8 Å². The van der Waals surface area contributed by atoms with Crippen molar-refractivity contribution in [2.24, 2.45) is 11.8 Å². The minimum Gasteiger partial charge on any atom is -0.462 e. The van der Waals surface area contributed by atoms with Crippen LogP contribution in [0.1, 0.15) is 49.7 Å². The highest BCUT2D eigenvalue weighted by atomic mass is 16.5. The molecule has 0 amide bonds. The molecule has 7 nitrogen and oxygen atoms in total. The van der Waals surface area contributed by atoms with Crippen molar-refractivity contribution in [1.29, 1.82) is 0 Å². The molecular weight excluding hydrogens is 344 g/mol. The van der Waals surface area contributed by atoms with Gasteiger partial charge in [-0.1, -0.05) is 13.8 Å². The van der Waals surface area contributed by atoms with E-state index in [1.807, 2.05) is 0 Å². The van der Waals surface area contributed by atoms with E-state index in [-0.39, 0.29) is 0 Å². The number of hydrogen-bond donors (Lipinski definition) is 1. The van der Waals surface area contributed by atoms with E-state index in [1.54, 1.807) is 13.8 Å². The molecule has 27 heavy (non-hydrogen) atoms. The smallest absolute Gasteiger partial charge is 0.342 e. The third-order valence-electron chi connectivity index (χ3n) is 5.03. The van der Waals surface area contributed by atoms with Crippen LogP contribution in [0.5, 0.6) is 0 Å². The Kier molecular flexibility index (Phi) is 6.31. The lowest BCUT2D eigenvalue weighted by atomic mass is 9.92. The molecule has 3 heterocycles. The number of piperidine rings is 1. The Bertz CT molecular complexity index is 779. The number of nitrogens with zero attached hydrogens (tertiary/aromatic N) is 3. The summed E-state index contributed by atoms with van der Waals surface area (Å²) in [5, 5.41) is 3.96. The fourth-order valence-electron chi connectivity index (χ4n) is 4.11. The summed E-state index contributed by atoms with van der Waals surface area (Å²) in [6.07, 6.45) is 3.79. The minimum absolute atomic E-state index is 0.314. The van der Waals surface area contributed by atoms with Crippen LogP contribution in [0.15, 0.2) is 10.7 Å². The number of ether oxygens (including phenoxy) is 1. The van der Waals surface area contributed by atoms with Crippen molar-refractivity contribution in [2.75, 3.05) is 38.1 Å². The molecule has 0 unspecified atom stereocenters. The number of hydrogen-bond acceptors (Lipinski definition) is 7. The van der Waals surface area contributed by atoms with Crippen molar-refractivity contribution in [3.63, 3.8) is 0 Å². The van der Waals surface area contributed by atoms with Crippen molar-refractivity contribution in [3.05, 3.63) is 17.7 Å². The number of aromatic nitrogens is 2. The Morgan fingerprint density at radius 3 is 2.78 bits per heavy atom. The number of carbonyl (C=O) groups excluding carboxylic acids is 1. The predicted molar refractivity (Wildman–Crippen MR) is 105 cm³/mol. The van der Waals surface area contributed by atoms with Crippen LogP contribution in [0, 0.1) is 18.8 Å². The fraction of sp³-hybridized carbons (Fsp3) is 0.650. The first-order chi connectivity index (χ1) is 13.0. The first-order valence-corrected chi connectivity index (χ1v) is 9.87. The molecule has 2 atom stereocenters. The number of esters is 1. The van der Waals surface area contributed by atoms with Gasteiger partial charge in [-0.25, -0.2) is 14.8 Å². The van der Waals surface area contributed by atoms with Gasteiger partial charge in [0.15, 0.2) is 0 Å². The van der Waals surface area contributed by atoms with E-state index in [2.05, 4.69) is 34.0 Å². The van der Waals surface area contributed by atoms with Gasteiger partial charge in [-0.15, -0.1) is 0 Å². The van der Waals surface area contributed by atoms with Gasteiger partial charge in [-0.2, -0.15) is 0 Å². The van der Waals surface area contributed by atoms with Crippen molar-refractivity contribution in [3.8, 4) is 0 Å². The predicted octanol–water partition coefficient (Wildman–Crippen LogP) is 3.49. The molecule has 0 spiro atoms. The van der Waals surface area contributed by atoms with Crippen molar-refractivity contribution >= 4 is 22.9 Å². The molecule has 148 valence electrons. The summed E-state index contributed by atoms with van der Waals surface area (Å²) in [5.74, 6) is 2.26. The molecule has 1 fully saturated rings. The number of likely N-dealkylation sites (tertiary alicyclic amines) is 1. The van der Waals surface area contributed by atoms with Crippen molar-refractivity contribution in [1.82, 2.24) is 14.9 Å². The number of aryl methyl sites for hydroxylation is 1. The zero-order chi connectivity index (χ0) is 19.4. The van der Waals surface area contributed by atoms with Crippen molar-refractivity contribution < 1.29 is 13.9 Å². The number of fused-ring (bicyclic) bond motifs is 1. The van der Waals surface area contributed by atoms with Gasteiger partial charge in [0.2, 0.25) is 5.71 Å². The summed E-state index contributed by atoms with van der Waals surface area (Å²) in [7, 11) is 0. The lowest BCUT2D eigenvalue weighted by Gasteiger charge is -2.34. The molecule has 0 radical (unpaired) electrons. The summed E-state index contributed by atoms with van der Waals surface area (Å²) in [4.78, 5) is 23.3. The van der Waals surface area contributed by atoms with Crippen molar-refractivity contribution in [2.45, 2.75) is 40.5 Å². The molecule has 2 aromatic heterocycles. The van der Waals surface area contributed by atoms with E-state index >= 15 is 0 Å². The van der Waals surface area contributed by atoms with Gasteiger partial charge in [0.1, 0.15) is 23.5 Å². The summed E-state index contributed by atoms with van der Waals surface area (Å²) < 4.78 is 10.8. The molecule has 0 aliphatic carbocycles. The van der Waals surface area contributed by atoms with Crippen LogP contribution in [-0.4, -0.2) is 53.6 Å². The molecule has 2 aromatic rings. The number of rotatable bonds is 7. The fourth-order valence-corrected chi connectivity index (χ4v) is 4.11. The Balaban J connectivity index is 1.65. The lowest BCUT2D eigenvalue weighted by Crippen LogP contribution is -2.39. The second-order valence-electron chi connectivity index (χ2n) is 7.64. The van der Waals surface area contributed by atoms with E-state index in [4.69, 9.17) is 9.15 Å². The van der Waals surface area contributed by atoms with Gasteiger partial charge in [0.25, 0.3) is 0 Å². The molecule has 1 aliphatic rings. The maximum absolute atomic E-state index is 12.3. The zero-order valence-corrected chi connectivity index (χ0v) is 16.7. The van der Waals surface area contributed by atoms with E-state index in [9.17, 15) is 4.79 Å². The molecule has 0 saturated carbocycles. The van der Waals surface area contributed by atoms with E-state index < -0.39 is 5.97 Å². The highest BCUT2D eigenvalue weighted by Crippen LogP contribution is 2.29. The summed E-state index contributed by atoms with van der Waals surface area (Å²) in [6.45, 7) is 12.7. The molecule has 0 bridgehead atoms. The van der Waals surface area contributed by atoms with Gasteiger partial charge < -0.3 is 19.4 Å². The van der Waals surface area contributed by atoms with Crippen LogP contribution in [-0.2, 0) is 4.74 Å². The molecule has 1 N–H and O–H groups in total. The molecule has 0 aromatic carbocycles. The summed E-state index contributed by atoms with van der Waals surface area (Å²) >= 11 is 0. The summed E-state index contributed by atoms with van der Waals surface area (Å²) in [6, 6.07) is 0. The molecule has 1 saturated heterocycles. The standard InChI is InChI=1S/C20H30N4O3/c1-5-26-20(25)16-15(4)27-19-17(16)18(22-12-23-19)21-7-6-8-24-10-13(2)9-14(3)11-24/h12-14H,5-11H2,1-4H3,(H,21,22,23)/t13-,14+. The van der Waals surface area contributed by atoms with Crippen LogP contribution < -0.4 is 5.32 Å². The third-order valence-corrected chi connectivity index (χ3v) is 5.03. The zero-order valence-electron chi connectivity index (χ0n) is 16.7. The number of anilines is 1. The quantitative estimate of drug-likeness (QED) is 0.587. The van der Waals surface area contributed by atoms with E-state index in [0.717, 1.165) is 31.3 Å². The Morgan fingerprint density at radius 1 is 1.33 bits per heavy atom. The van der Waals surface area contributed by atoms with Crippen LogP contribution >= 0.6 is 0 Å². The number of furan rings is 1. The molecular formula is C20H30N4O3. The van der Waals surface area contributed by atoms with Gasteiger partial charge in [0, 0.05) is 19.6 Å². The normalized spacial score (nSPS) is 20.7. The highest BCUT2D eigenvalue weighted by Gasteiger charge is 2.24. The van der Waals surface area contributed by atoms with Crippen LogP contribution in [0.4, 0.5) is 5.82 Å². The molecule has 3 rings (SSSR count). The Morgan fingerprint density at radius 2 is 2.07 bits per heavy atom. The van der Waals surface area contributed by atoms with Crippen LogP contribution in [0.2, 0.25) is 0 Å². The first kappa shape index (κ1) is 19.6. The molecule has 1 aliphatic heterocycles. The average Bonchev–Trinajstić information content (AvgIpc) is 2.94. The first-order valence-electron chi connectivity index (χ1n) is 9.87. The maximum atomic E-state index is 12.3. The Hall–Kier alpha value is -2.15. The van der Waals surface area contributed by atoms with Gasteiger partial charge in [-0.05, 0) is 45.1 Å². The number of carbonyl (C=O) groups is 1. The lowest BCUT2D eigenvalue weighted by molar-refractivity contribution is 0.0526. The number of nitrogens with one attached hydrogen (secondary N) is 1. The van der Waals surface area contributed by atoms with Crippen LogP contribution in [0.3, 0.4) is 0 Å². The van der Waals surface area contributed by atoms with E-state index in [1.165, 1.54) is 25.8 Å². The topological polar surface area (TPSA) is 80.5 Å². The molecule has 7 heteroatoms. The second-order valence-corrected chi connectivity index (χ2v) is 7.64. The van der Waals surface area contributed by atoms with Gasteiger partial charge in [-0.3, -0.25) is 0 Å². The largest absolute Gasteiger partial charge is 0.462 e. The summed E-state index contributed by atoms with van der Waals surface area (Å²) in [5.41, 5.74) is 0.820. The van der Waals surface area contributed by atoms with Gasteiger partial charge >= 0.3 is 5.97 Å². The Labute approximate surface area is 160 Å². The third kappa shape index (κ3) is 4.58. The van der Waals surface area contributed by atoms with Crippen LogP contribution in [0.25, 0.3) is 11.1 Å². The monoisotopic (exact) mass is 374 g/mol. The SMILES string of the molecule is CCOC(=O)c1c(C)oc2ncnc(NCCCN3C[C@H](C)C[C@H](C)C3)c12. The minimum atomic E-state index is -0.400. The second kappa shape index (κ2) is 8.69. The average molecular weight is 374 g/mol. The highest BCUT2D eigenvalue weighted by molar-refractivity contribution is 6.07. The maximum Gasteiger partial charge on any atom is 0.342 e.